The van der Waals surface area contributed by atoms with Gasteiger partial charge in [-0.05, 0) is 32.0 Å². The van der Waals surface area contributed by atoms with Crippen LogP contribution in [0, 0.1) is 0 Å². The quantitative estimate of drug-likeness (QED) is 0.558. The molecule has 1 aromatic carbocycles. The second-order valence-corrected chi connectivity index (χ2v) is 5.10. The lowest BCUT2D eigenvalue weighted by molar-refractivity contribution is -0.121. The number of amides is 1. The predicted molar refractivity (Wildman–Crippen MR) is 80.4 cm³/mol. The van der Waals surface area contributed by atoms with Crippen molar-refractivity contribution in [3.8, 4) is 0 Å². The number of hydrogen-bond donors (Lipinski definition) is 1. The fourth-order valence-corrected chi connectivity index (χ4v) is 2.00. The molecule has 1 aromatic rings. The summed E-state index contributed by atoms with van der Waals surface area (Å²) in [5, 5.41) is 2.91. The van der Waals surface area contributed by atoms with Gasteiger partial charge in [-0.15, -0.1) is 11.6 Å². The van der Waals surface area contributed by atoms with Gasteiger partial charge in [0.2, 0.25) is 5.91 Å². The summed E-state index contributed by atoms with van der Waals surface area (Å²) in [6.45, 7) is 2.66. The first-order valence-electron chi connectivity index (χ1n) is 6.77. The monoisotopic (exact) mass is 282 g/mol. The number of rotatable bonds is 9. The van der Waals surface area contributed by atoms with Gasteiger partial charge < -0.3 is 10.2 Å². The van der Waals surface area contributed by atoms with Crippen LogP contribution < -0.4 is 5.32 Å². The molecule has 0 aliphatic heterocycles. The average Bonchev–Trinajstić information content (AvgIpc) is 2.42. The van der Waals surface area contributed by atoms with Crippen molar-refractivity contribution in [3.63, 3.8) is 0 Å². The number of carbonyl (C=O) groups excluding carboxylic acids is 1. The second kappa shape index (κ2) is 9.82. The van der Waals surface area contributed by atoms with E-state index < -0.39 is 0 Å². The SMILES string of the molecule is CN(CCCNC(=O)CCCCl)Cc1ccccc1. The van der Waals surface area contributed by atoms with Gasteiger partial charge >= 0.3 is 0 Å². The molecule has 0 spiro atoms. The maximum absolute atomic E-state index is 11.4. The van der Waals surface area contributed by atoms with E-state index in [1.165, 1.54) is 5.56 Å². The van der Waals surface area contributed by atoms with Gasteiger partial charge in [0.15, 0.2) is 0 Å². The fraction of sp³-hybridized carbons (Fsp3) is 0.533. The summed E-state index contributed by atoms with van der Waals surface area (Å²) >= 11 is 5.54. The summed E-state index contributed by atoms with van der Waals surface area (Å²) in [4.78, 5) is 13.6. The molecule has 3 nitrogen and oxygen atoms in total. The molecular weight excluding hydrogens is 260 g/mol. The molecule has 1 amide bonds. The number of benzene rings is 1. The first-order chi connectivity index (χ1) is 9.22. The normalized spacial score (nSPS) is 10.7. The minimum absolute atomic E-state index is 0.103. The van der Waals surface area contributed by atoms with Gasteiger partial charge in [-0.2, -0.15) is 0 Å². The summed E-state index contributed by atoms with van der Waals surface area (Å²) < 4.78 is 0. The van der Waals surface area contributed by atoms with Gasteiger partial charge in [-0.25, -0.2) is 0 Å². The van der Waals surface area contributed by atoms with Crippen LogP contribution in [0.3, 0.4) is 0 Å². The summed E-state index contributed by atoms with van der Waals surface area (Å²) in [7, 11) is 2.10. The molecule has 0 aliphatic rings. The van der Waals surface area contributed by atoms with Gasteiger partial charge in [-0.3, -0.25) is 4.79 Å². The minimum Gasteiger partial charge on any atom is -0.356 e. The Hall–Kier alpha value is -1.06. The number of halogens is 1. The van der Waals surface area contributed by atoms with Gasteiger partial charge in [0.25, 0.3) is 0 Å². The van der Waals surface area contributed by atoms with Crippen LogP contribution in [0.15, 0.2) is 30.3 Å². The largest absolute Gasteiger partial charge is 0.356 e. The molecule has 0 aromatic heterocycles. The zero-order valence-corrected chi connectivity index (χ0v) is 12.3. The van der Waals surface area contributed by atoms with Gasteiger partial charge in [-0.1, -0.05) is 30.3 Å². The predicted octanol–water partition coefficient (Wildman–Crippen LogP) is 2.64. The van der Waals surface area contributed by atoms with Crippen LogP contribution in [0.4, 0.5) is 0 Å². The molecule has 1 N–H and O–H groups in total. The summed E-state index contributed by atoms with van der Waals surface area (Å²) in [5.74, 6) is 0.652. The van der Waals surface area contributed by atoms with E-state index in [-0.39, 0.29) is 5.91 Å². The standard InChI is InChI=1S/C15H23ClN2O/c1-18(13-14-7-3-2-4-8-14)12-6-11-17-15(19)9-5-10-16/h2-4,7-8H,5-6,9-13H2,1H3,(H,17,19). The molecule has 19 heavy (non-hydrogen) atoms. The number of nitrogens with zero attached hydrogens (tertiary/aromatic N) is 1. The number of alkyl halides is 1. The van der Waals surface area contributed by atoms with Crippen molar-refractivity contribution >= 4 is 17.5 Å². The maximum Gasteiger partial charge on any atom is 0.220 e. The van der Waals surface area contributed by atoms with E-state index in [1.807, 2.05) is 6.07 Å². The highest BCUT2D eigenvalue weighted by Crippen LogP contribution is 2.02. The van der Waals surface area contributed by atoms with Crippen molar-refractivity contribution < 1.29 is 4.79 Å². The van der Waals surface area contributed by atoms with E-state index in [2.05, 4.69) is 41.5 Å². The van der Waals surface area contributed by atoms with Crippen LogP contribution in [0.5, 0.6) is 0 Å². The van der Waals surface area contributed by atoms with Crippen LogP contribution >= 0.6 is 11.6 Å². The summed E-state index contributed by atoms with van der Waals surface area (Å²) in [6.07, 6.45) is 2.25. The third kappa shape index (κ3) is 7.85. The van der Waals surface area contributed by atoms with Crippen LogP contribution in [-0.2, 0) is 11.3 Å². The lowest BCUT2D eigenvalue weighted by Crippen LogP contribution is -2.28. The Morgan fingerprint density at radius 1 is 1.26 bits per heavy atom. The van der Waals surface area contributed by atoms with Crippen LogP contribution in [0.25, 0.3) is 0 Å². The number of nitrogens with one attached hydrogen (secondary N) is 1. The molecule has 0 fully saturated rings. The Kier molecular flexibility index (Phi) is 8.26. The van der Waals surface area contributed by atoms with Crippen molar-refractivity contribution in [3.05, 3.63) is 35.9 Å². The molecule has 0 bridgehead atoms. The van der Waals surface area contributed by atoms with Crippen molar-refractivity contribution in [2.45, 2.75) is 25.8 Å². The number of hydrogen-bond acceptors (Lipinski definition) is 2. The van der Waals surface area contributed by atoms with E-state index in [0.717, 1.165) is 32.5 Å². The van der Waals surface area contributed by atoms with Gasteiger partial charge in [0.05, 0.1) is 0 Å². The van der Waals surface area contributed by atoms with E-state index in [0.29, 0.717) is 12.3 Å². The Labute approximate surface area is 120 Å². The van der Waals surface area contributed by atoms with Crippen molar-refractivity contribution in [2.75, 3.05) is 26.0 Å². The molecule has 0 saturated carbocycles. The highest BCUT2D eigenvalue weighted by atomic mass is 35.5. The summed E-state index contributed by atoms with van der Waals surface area (Å²) in [6, 6.07) is 10.4. The molecule has 0 heterocycles. The second-order valence-electron chi connectivity index (χ2n) is 4.72. The smallest absolute Gasteiger partial charge is 0.220 e. The van der Waals surface area contributed by atoms with Crippen LogP contribution in [0.2, 0.25) is 0 Å². The van der Waals surface area contributed by atoms with E-state index in [9.17, 15) is 4.79 Å². The maximum atomic E-state index is 11.4. The van der Waals surface area contributed by atoms with E-state index >= 15 is 0 Å². The van der Waals surface area contributed by atoms with Crippen LogP contribution in [-0.4, -0.2) is 36.8 Å². The van der Waals surface area contributed by atoms with Gasteiger partial charge in [0.1, 0.15) is 0 Å². The molecule has 0 unspecified atom stereocenters. The van der Waals surface area contributed by atoms with Crippen molar-refractivity contribution in [1.29, 1.82) is 0 Å². The molecule has 0 aliphatic carbocycles. The lowest BCUT2D eigenvalue weighted by atomic mass is 10.2. The topological polar surface area (TPSA) is 32.3 Å². The summed E-state index contributed by atoms with van der Waals surface area (Å²) in [5.41, 5.74) is 1.32. The zero-order valence-electron chi connectivity index (χ0n) is 11.6. The van der Waals surface area contributed by atoms with E-state index in [1.54, 1.807) is 0 Å². The third-order valence-corrected chi connectivity index (χ3v) is 3.14. The molecular formula is C15H23ClN2O. The van der Waals surface area contributed by atoms with E-state index in [4.69, 9.17) is 11.6 Å². The molecule has 1 rings (SSSR count). The average molecular weight is 283 g/mol. The molecule has 4 heteroatoms. The highest BCUT2D eigenvalue weighted by molar-refractivity contribution is 6.17. The first kappa shape index (κ1) is 16.0. The van der Waals surface area contributed by atoms with Gasteiger partial charge in [0, 0.05) is 25.4 Å². The fourth-order valence-electron chi connectivity index (χ4n) is 1.87. The van der Waals surface area contributed by atoms with Crippen LogP contribution in [0.1, 0.15) is 24.8 Å². The highest BCUT2D eigenvalue weighted by Gasteiger charge is 2.02. The Morgan fingerprint density at radius 3 is 2.68 bits per heavy atom. The lowest BCUT2D eigenvalue weighted by Gasteiger charge is -2.16. The van der Waals surface area contributed by atoms with Crippen molar-refractivity contribution in [2.24, 2.45) is 0 Å². The Morgan fingerprint density at radius 2 is 2.00 bits per heavy atom. The Balaban J connectivity index is 2.07. The molecule has 0 radical (unpaired) electrons. The third-order valence-electron chi connectivity index (χ3n) is 2.87. The first-order valence-corrected chi connectivity index (χ1v) is 7.31. The zero-order chi connectivity index (χ0) is 13.9. The molecule has 106 valence electrons. The minimum atomic E-state index is 0.103. The molecule has 0 saturated heterocycles. The Bertz CT molecular complexity index is 356. The van der Waals surface area contributed by atoms with Crippen molar-refractivity contribution in [1.82, 2.24) is 10.2 Å². The molecule has 0 atom stereocenters. The number of carbonyl (C=O) groups is 1.